The van der Waals surface area contributed by atoms with Gasteiger partial charge < -0.3 is 14.9 Å². The first-order valence-corrected chi connectivity index (χ1v) is 11.7. The van der Waals surface area contributed by atoms with E-state index in [2.05, 4.69) is 0 Å². The second-order valence-corrected chi connectivity index (χ2v) is 9.18. The number of allylic oxidation sites excluding steroid dienone is 1. The largest absolute Gasteiger partial charge is 0.508 e. The third-order valence-corrected chi connectivity index (χ3v) is 6.60. The molecule has 3 aromatic rings. The molecule has 0 amide bonds. The first-order chi connectivity index (χ1) is 16.8. The van der Waals surface area contributed by atoms with Crippen LogP contribution in [-0.4, -0.2) is 40.7 Å². The molecule has 2 heterocycles. The summed E-state index contributed by atoms with van der Waals surface area (Å²) in [7, 11) is 0. The van der Waals surface area contributed by atoms with E-state index in [0.717, 1.165) is 33.4 Å². The molecule has 0 aliphatic carbocycles. The number of phenols is 2. The summed E-state index contributed by atoms with van der Waals surface area (Å²) in [4.78, 5) is 1.76. The van der Waals surface area contributed by atoms with Gasteiger partial charge in [-0.1, -0.05) is 48.6 Å². The average molecular weight is 476 g/mol. The Bertz CT molecular complexity index is 1300. The number of rotatable bonds is 5. The molecule has 35 heavy (non-hydrogen) atoms. The summed E-state index contributed by atoms with van der Waals surface area (Å²) in [6.45, 7) is 2.72. The van der Waals surface area contributed by atoms with E-state index in [-0.39, 0.29) is 24.5 Å². The first kappa shape index (κ1) is 23.1. The van der Waals surface area contributed by atoms with Crippen LogP contribution in [0.4, 0.5) is 8.78 Å². The van der Waals surface area contributed by atoms with E-state index >= 15 is 0 Å². The van der Waals surface area contributed by atoms with Crippen molar-refractivity contribution >= 4 is 17.2 Å². The SMILES string of the molecule is CC1=C(c2cccc(O)c2)C(c2ccc(/C=C\CN3CCC(F)(F)C3)cc2)Oc2ccc(O)cc21. The maximum atomic E-state index is 13.4. The minimum Gasteiger partial charge on any atom is -0.508 e. The predicted molar refractivity (Wildman–Crippen MR) is 134 cm³/mol. The molecule has 1 fully saturated rings. The Balaban J connectivity index is 1.42. The Kier molecular flexibility index (Phi) is 6.07. The van der Waals surface area contributed by atoms with Crippen LogP contribution in [0.2, 0.25) is 0 Å². The number of halogens is 2. The number of nitrogens with zero attached hydrogens (tertiary/aromatic N) is 1. The number of hydrogen-bond acceptors (Lipinski definition) is 4. The van der Waals surface area contributed by atoms with Crippen molar-refractivity contribution in [2.24, 2.45) is 0 Å². The molecule has 1 atom stereocenters. The first-order valence-electron chi connectivity index (χ1n) is 11.7. The molecule has 1 unspecified atom stereocenters. The van der Waals surface area contributed by atoms with Gasteiger partial charge in [-0.15, -0.1) is 0 Å². The van der Waals surface area contributed by atoms with Gasteiger partial charge in [-0.3, -0.25) is 4.90 Å². The van der Waals surface area contributed by atoms with Crippen LogP contribution in [-0.2, 0) is 0 Å². The molecule has 6 heteroatoms. The van der Waals surface area contributed by atoms with Crippen LogP contribution in [0, 0.1) is 0 Å². The highest BCUT2D eigenvalue weighted by Crippen LogP contribution is 2.47. The van der Waals surface area contributed by atoms with Gasteiger partial charge in [0.25, 0.3) is 5.92 Å². The van der Waals surface area contributed by atoms with E-state index in [4.69, 9.17) is 4.74 Å². The maximum Gasteiger partial charge on any atom is 0.261 e. The van der Waals surface area contributed by atoms with Crippen molar-refractivity contribution in [2.45, 2.75) is 25.4 Å². The van der Waals surface area contributed by atoms with Crippen molar-refractivity contribution in [3.8, 4) is 17.2 Å². The number of alkyl halides is 2. The summed E-state index contributed by atoms with van der Waals surface area (Å²) in [5.74, 6) is -1.57. The van der Waals surface area contributed by atoms with Crippen molar-refractivity contribution in [2.75, 3.05) is 19.6 Å². The van der Waals surface area contributed by atoms with Crippen LogP contribution in [0.25, 0.3) is 17.2 Å². The van der Waals surface area contributed by atoms with Gasteiger partial charge in [0.15, 0.2) is 0 Å². The lowest BCUT2D eigenvalue weighted by Crippen LogP contribution is -2.25. The fourth-order valence-electron chi connectivity index (χ4n) is 4.80. The molecule has 5 rings (SSSR count). The summed E-state index contributed by atoms with van der Waals surface area (Å²) in [6, 6.07) is 20.1. The van der Waals surface area contributed by atoms with E-state index in [0.29, 0.717) is 18.8 Å². The molecule has 0 bridgehead atoms. The number of ether oxygens (including phenoxy) is 1. The predicted octanol–water partition coefficient (Wildman–Crippen LogP) is 6.52. The van der Waals surface area contributed by atoms with Gasteiger partial charge in [0.05, 0.1) is 6.54 Å². The number of aromatic hydroxyl groups is 2. The molecule has 180 valence electrons. The van der Waals surface area contributed by atoms with E-state index in [1.165, 1.54) is 0 Å². The molecule has 2 N–H and O–H groups in total. The van der Waals surface area contributed by atoms with Crippen LogP contribution in [0.3, 0.4) is 0 Å². The van der Waals surface area contributed by atoms with Crippen molar-refractivity contribution in [1.82, 2.24) is 4.90 Å². The zero-order valence-corrected chi connectivity index (χ0v) is 19.4. The second kappa shape index (κ2) is 9.19. The smallest absolute Gasteiger partial charge is 0.261 e. The molecule has 0 spiro atoms. The van der Waals surface area contributed by atoms with Gasteiger partial charge in [0.1, 0.15) is 23.4 Å². The highest BCUT2D eigenvalue weighted by molar-refractivity contribution is 5.95. The Hall–Kier alpha value is -3.64. The molecular weight excluding hydrogens is 448 g/mol. The zero-order valence-electron chi connectivity index (χ0n) is 19.4. The van der Waals surface area contributed by atoms with Gasteiger partial charge in [-0.2, -0.15) is 0 Å². The van der Waals surface area contributed by atoms with Crippen molar-refractivity contribution < 1.29 is 23.7 Å². The normalized spacial score (nSPS) is 19.7. The highest BCUT2D eigenvalue weighted by atomic mass is 19.3. The van der Waals surface area contributed by atoms with Gasteiger partial charge >= 0.3 is 0 Å². The fraction of sp³-hybridized carbons (Fsp3) is 0.241. The third kappa shape index (κ3) is 4.93. The third-order valence-electron chi connectivity index (χ3n) is 6.60. The van der Waals surface area contributed by atoms with Crippen LogP contribution in [0.1, 0.15) is 41.7 Å². The van der Waals surface area contributed by atoms with Crippen LogP contribution < -0.4 is 4.74 Å². The number of fused-ring (bicyclic) bond motifs is 1. The van der Waals surface area contributed by atoms with Gasteiger partial charge in [-0.05, 0) is 59.5 Å². The molecule has 4 nitrogen and oxygen atoms in total. The number of benzene rings is 3. The lowest BCUT2D eigenvalue weighted by atomic mass is 9.86. The summed E-state index contributed by atoms with van der Waals surface area (Å²) in [5.41, 5.74) is 5.44. The molecule has 0 aromatic heterocycles. The minimum atomic E-state index is -2.58. The van der Waals surface area contributed by atoms with Crippen LogP contribution in [0.15, 0.2) is 72.8 Å². The molecule has 2 aliphatic heterocycles. The summed E-state index contributed by atoms with van der Waals surface area (Å²) >= 11 is 0. The van der Waals surface area contributed by atoms with Gasteiger partial charge in [-0.25, -0.2) is 8.78 Å². The van der Waals surface area contributed by atoms with Crippen LogP contribution >= 0.6 is 0 Å². The Morgan fingerprint density at radius 1 is 1.03 bits per heavy atom. The van der Waals surface area contributed by atoms with Gasteiger partial charge in [0.2, 0.25) is 0 Å². The Morgan fingerprint density at radius 3 is 2.51 bits per heavy atom. The number of hydrogen-bond donors (Lipinski definition) is 2. The summed E-state index contributed by atoms with van der Waals surface area (Å²) in [6.07, 6.45) is 3.38. The highest BCUT2D eigenvalue weighted by Gasteiger charge is 2.37. The standard InChI is InChI=1S/C29H27F2NO3/c1-19-25-17-24(34)11-12-26(25)35-28(27(19)22-5-2-6-23(33)16-22)21-9-7-20(8-10-21)4-3-14-32-15-13-29(30,31)18-32/h2-12,16-17,28,33-34H,13-15,18H2,1H3/b4-3-. The van der Waals surface area contributed by atoms with Crippen molar-refractivity contribution in [3.63, 3.8) is 0 Å². The zero-order chi connectivity index (χ0) is 24.6. The minimum absolute atomic E-state index is 0.0753. The average Bonchev–Trinajstić information content (AvgIpc) is 3.18. The van der Waals surface area contributed by atoms with Crippen molar-refractivity contribution in [1.29, 1.82) is 0 Å². The Labute approximate surface area is 203 Å². The Morgan fingerprint density at radius 2 is 1.80 bits per heavy atom. The summed E-state index contributed by atoms with van der Waals surface area (Å²) < 4.78 is 33.2. The summed E-state index contributed by atoms with van der Waals surface area (Å²) in [5, 5.41) is 20.1. The number of likely N-dealkylation sites (tertiary alicyclic amines) is 1. The maximum absolute atomic E-state index is 13.4. The lowest BCUT2D eigenvalue weighted by molar-refractivity contribution is 0.0133. The van der Waals surface area contributed by atoms with E-state index < -0.39 is 12.0 Å². The topological polar surface area (TPSA) is 52.9 Å². The molecule has 3 aromatic carbocycles. The van der Waals surface area contributed by atoms with E-state index in [1.54, 1.807) is 41.3 Å². The molecule has 2 aliphatic rings. The second-order valence-electron chi connectivity index (χ2n) is 9.18. The fourth-order valence-corrected chi connectivity index (χ4v) is 4.80. The van der Waals surface area contributed by atoms with Gasteiger partial charge in [0, 0.05) is 30.6 Å². The molecule has 1 saturated heterocycles. The number of phenolic OH excluding ortho intramolecular Hbond substituents is 2. The van der Waals surface area contributed by atoms with Crippen molar-refractivity contribution in [3.05, 3.63) is 95.1 Å². The van der Waals surface area contributed by atoms with E-state index in [9.17, 15) is 19.0 Å². The molecular formula is C29H27F2NO3. The quantitative estimate of drug-likeness (QED) is 0.441. The lowest BCUT2D eigenvalue weighted by Gasteiger charge is -2.31. The molecule has 0 saturated carbocycles. The van der Waals surface area contributed by atoms with E-state index in [1.807, 2.05) is 49.4 Å². The van der Waals surface area contributed by atoms with Crippen LogP contribution in [0.5, 0.6) is 17.2 Å². The monoisotopic (exact) mass is 475 g/mol. The molecule has 0 radical (unpaired) electrons.